The number of alkyl halides is 3. The molecule has 186 valence electrons. The molecule has 2 heterocycles. The molecule has 0 spiro atoms. The van der Waals surface area contributed by atoms with Crippen molar-refractivity contribution in [2.45, 2.75) is 49.8 Å². The van der Waals surface area contributed by atoms with Gasteiger partial charge in [-0.05, 0) is 39.0 Å². The molecule has 0 radical (unpaired) electrons. The molecule has 0 saturated carbocycles. The molecule has 2 aromatic rings. The molecule has 1 aliphatic rings. The molecule has 0 bridgehead atoms. The highest BCUT2D eigenvalue weighted by atomic mass is 32.2. The number of nitrogens with zero attached hydrogens (tertiary/aromatic N) is 2. The van der Waals surface area contributed by atoms with E-state index in [4.69, 9.17) is 4.74 Å². The second-order valence-electron chi connectivity index (χ2n) is 7.92. The standard InChI is InChI=1S/C20H23F3N4O5S2/c1-11-17(33-10-25-11)34(30)27-9-14(8-24-12(2)28)31-16-6-5-13(7-15(16)27)26-18(29)32-19(3,4)20(21,22)23/h5-7,10,14H,8-9H2,1-4H3,(H,24,28)(H,26,29)/t14-,34?/m0/s1. The van der Waals surface area contributed by atoms with Crippen LogP contribution in [-0.4, -0.2) is 52.5 Å². The number of aryl methyl sites for hydroxylation is 1. The molecule has 2 N–H and O–H groups in total. The molecule has 0 fully saturated rings. The second-order valence-corrected chi connectivity index (χ2v) is 10.4. The highest BCUT2D eigenvalue weighted by Gasteiger charge is 2.51. The van der Waals surface area contributed by atoms with Crippen LogP contribution in [0.2, 0.25) is 0 Å². The van der Waals surface area contributed by atoms with Crippen LogP contribution in [0.15, 0.2) is 27.9 Å². The van der Waals surface area contributed by atoms with E-state index in [1.807, 2.05) is 0 Å². The lowest BCUT2D eigenvalue weighted by Gasteiger charge is -2.35. The van der Waals surface area contributed by atoms with E-state index in [-0.39, 0.29) is 24.7 Å². The summed E-state index contributed by atoms with van der Waals surface area (Å²) in [5.41, 5.74) is -0.0775. The third-order valence-electron chi connectivity index (χ3n) is 4.81. The maximum Gasteiger partial charge on any atom is 0.427 e. The molecule has 14 heteroatoms. The number of amides is 2. The maximum absolute atomic E-state index is 13.4. The van der Waals surface area contributed by atoms with Crippen molar-refractivity contribution in [2.75, 3.05) is 22.7 Å². The average molecular weight is 521 g/mol. The van der Waals surface area contributed by atoms with Crippen molar-refractivity contribution < 1.29 is 36.8 Å². The van der Waals surface area contributed by atoms with Crippen molar-refractivity contribution in [3.8, 4) is 5.75 Å². The summed E-state index contributed by atoms with van der Waals surface area (Å²) in [6, 6.07) is 4.34. The Morgan fingerprint density at radius 3 is 2.68 bits per heavy atom. The van der Waals surface area contributed by atoms with E-state index in [9.17, 15) is 27.3 Å². The fourth-order valence-electron chi connectivity index (χ4n) is 2.90. The van der Waals surface area contributed by atoms with Crippen molar-refractivity contribution in [3.63, 3.8) is 0 Å². The first kappa shape index (κ1) is 25.9. The number of halogens is 3. The van der Waals surface area contributed by atoms with Gasteiger partial charge in [0.1, 0.15) is 41.1 Å². The number of aromatic nitrogens is 1. The Hall–Kier alpha value is -2.71. The van der Waals surface area contributed by atoms with E-state index in [1.54, 1.807) is 12.4 Å². The fourth-order valence-corrected chi connectivity index (χ4v) is 5.29. The van der Waals surface area contributed by atoms with Crippen LogP contribution in [0.5, 0.6) is 5.75 Å². The Morgan fingerprint density at radius 1 is 1.38 bits per heavy atom. The Kier molecular flexibility index (Phi) is 7.53. The van der Waals surface area contributed by atoms with Crippen LogP contribution in [0.25, 0.3) is 0 Å². The summed E-state index contributed by atoms with van der Waals surface area (Å²) >= 11 is -0.482. The van der Waals surface area contributed by atoms with E-state index in [0.717, 1.165) is 13.8 Å². The third kappa shape index (κ3) is 5.85. The summed E-state index contributed by atoms with van der Waals surface area (Å²) in [4.78, 5) is 27.5. The topological polar surface area (TPSA) is 116 Å². The smallest absolute Gasteiger partial charge is 0.427 e. The first-order valence-corrected chi connectivity index (χ1v) is 12.0. The summed E-state index contributed by atoms with van der Waals surface area (Å²) in [5.74, 6) is 0.0758. The SMILES string of the molecule is CC(=O)NC[C@H]1CN([S+]([O-])c2scnc2C)c2cc(NC(=O)OC(C)(C)C(F)(F)F)ccc2O1. The number of hydrogen-bond donors (Lipinski definition) is 2. The van der Waals surface area contributed by atoms with Crippen molar-refractivity contribution in [3.05, 3.63) is 29.4 Å². The summed E-state index contributed by atoms with van der Waals surface area (Å²) < 4.78 is 64.9. The van der Waals surface area contributed by atoms with Gasteiger partial charge in [0.15, 0.2) is 0 Å². The number of fused-ring (bicyclic) bond motifs is 1. The van der Waals surface area contributed by atoms with Gasteiger partial charge >= 0.3 is 12.3 Å². The van der Waals surface area contributed by atoms with E-state index in [0.29, 0.717) is 21.3 Å². The van der Waals surface area contributed by atoms with E-state index in [2.05, 4.69) is 20.4 Å². The molecule has 1 unspecified atom stereocenters. The molecule has 2 atom stereocenters. The van der Waals surface area contributed by atoms with E-state index in [1.165, 1.54) is 40.8 Å². The highest BCUT2D eigenvalue weighted by Crippen LogP contribution is 2.40. The molecule has 2 amide bonds. The van der Waals surface area contributed by atoms with Gasteiger partial charge in [-0.15, -0.1) is 0 Å². The van der Waals surface area contributed by atoms with Crippen molar-refractivity contribution in [1.29, 1.82) is 0 Å². The van der Waals surface area contributed by atoms with Gasteiger partial charge in [-0.2, -0.15) is 17.5 Å². The molecule has 34 heavy (non-hydrogen) atoms. The lowest BCUT2D eigenvalue weighted by atomic mass is 10.1. The molecule has 1 aromatic heterocycles. The quantitative estimate of drug-likeness (QED) is 0.557. The van der Waals surface area contributed by atoms with Crippen molar-refractivity contribution in [1.82, 2.24) is 10.3 Å². The number of ether oxygens (including phenoxy) is 2. The largest absolute Gasteiger partial charge is 0.587 e. The predicted molar refractivity (Wildman–Crippen MR) is 120 cm³/mol. The van der Waals surface area contributed by atoms with Crippen LogP contribution in [0.1, 0.15) is 26.5 Å². The lowest BCUT2D eigenvalue weighted by molar-refractivity contribution is -0.242. The highest BCUT2D eigenvalue weighted by molar-refractivity contribution is 7.94. The van der Waals surface area contributed by atoms with Crippen LogP contribution in [0.3, 0.4) is 0 Å². The van der Waals surface area contributed by atoms with Gasteiger partial charge in [0.2, 0.25) is 11.5 Å². The number of carbonyl (C=O) groups is 2. The Morgan fingerprint density at radius 2 is 2.09 bits per heavy atom. The third-order valence-corrected chi connectivity index (χ3v) is 7.60. The van der Waals surface area contributed by atoms with Crippen LogP contribution in [0, 0.1) is 6.92 Å². The van der Waals surface area contributed by atoms with Gasteiger partial charge in [0, 0.05) is 12.6 Å². The van der Waals surface area contributed by atoms with Crippen LogP contribution >= 0.6 is 11.3 Å². The second kappa shape index (κ2) is 9.88. The zero-order chi connectivity index (χ0) is 25.3. The number of thiazole rings is 1. The van der Waals surface area contributed by atoms with Gasteiger partial charge in [0.25, 0.3) is 4.21 Å². The number of nitrogens with one attached hydrogen (secondary N) is 2. The fraction of sp³-hybridized carbons (Fsp3) is 0.450. The zero-order valence-electron chi connectivity index (χ0n) is 18.7. The number of carbonyl (C=O) groups excluding carboxylic acids is 2. The molecular formula is C20H23F3N4O5S2. The van der Waals surface area contributed by atoms with Gasteiger partial charge in [0.05, 0.1) is 12.1 Å². The number of rotatable bonds is 6. The van der Waals surface area contributed by atoms with Gasteiger partial charge in [-0.3, -0.25) is 10.1 Å². The molecule has 9 nitrogen and oxygen atoms in total. The molecule has 3 rings (SSSR count). The van der Waals surface area contributed by atoms with Gasteiger partial charge in [-0.25, -0.2) is 9.78 Å². The molecular weight excluding hydrogens is 497 g/mol. The Balaban J connectivity index is 1.87. The Bertz CT molecular complexity index is 1060. The summed E-state index contributed by atoms with van der Waals surface area (Å²) in [5, 5.41) is 4.93. The molecule has 0 aliphatic carbocycles. The average Bonchev–Trinajstić information content (AvgIpc) is 3.15. The number of benzene rings is 1. The minimum atomic E-state index is -4.75. The maximum atomic E-state index is 13.4. The van der Waals surface area contributed by atoms with Crippen molar-refractivity contribution >= 4 is 46.1 Å². The predicted octanol–water partition coefficient (Wildman–Crippen LogP) is 3.77. The monoisotopic (exact) mass is 520 g/mol. The number of anilines is 2. The summed E-state index contributed by atoms with van der Waals surface area (Å²) in [6.07, 6.45) is -6.57. The first-order chi connectivity index (χ1) is 15.8. The molecule has 1 aromatic carbocycles. The van der Waals surface area contributed by atoms with Crippen LogP contribution in [-0.2, 0) is 20.9 Å². The molecule has 0 saturated heterocycles. The van der Waals surface area contributed by atoms with Crippen molar-refractivity contribution in [2.24, 2.45) is 0 Å². The summed E-state index contributed by atoms with van der Waals surface area (Å²) in [7, 11) is 0. The van der Waals surface area contributed by atoms with E-state index >= 15 is 0 Å². The van der Waals surface area contributed by atoms with E-state index < -0.39 is 35.3 Å². The lowest BCUT2D eigenvalue weighted by Crippen LogP contribution is -2.48. The van der Waals surface area contributed by atoms with Crippen LogP contribution in [0.4, 0.5) is 29.3 Å². The Labute approximate surface area is 200 Å². The minimum absolute atomic E-state index is 0.119. The summed E-state index contributed by atoms with van der Waals surface area (Å²) in [6.45, 7) is 4.87. The minimum Gasteiger partial charge on any atom is -0.587 e. The van der Waals surface area contributed by atoms with Gasteiger partial charge in [-0.1, -0.05) is 11.3 Å². The van der Waals surface area contributed by atoms with Crippen LogP contribution < -0.4 is 19.7 Å². The normalized spacial score (nSPS) is 16.8. The first-order valence-electron chi connectivity index (χ1n) is 10.00. The number of hydrogen-bond acceptors (Lipinski definition) is 8. The van der Waals surface area contributed by atoms with Gasteiger partial charge < -0.3 is 19.3 Å². The molecule has 1 aliphatic heterocycles. The zero-order valence-corrected chi connectivity index (χ0v) is 20.3.